The third-order valence-electron chi connectivity index (χ3n) is 5.08. The smallest absolute Gasteiger partial charge is 0.297 e. The van der Waals surface area contributed by atoms with Gasteiger partial charge in [0, 0.05) is 18.3 Å². The molecule has 8 heteroatoms. The van der Waals surface area contributed by atoms with E-state index in [0.29, 0.717) is 23.5 Å². The van der Waals surface area contributed by atoms with Crippen molar-refractivity contribution >= 4 is 11.6 Å². The predicted molar refractivity (Wildman–Crippen MR) is 135 cm³/mol. The average Bonchev–Trinajstić information content (AvgIpc) is 3.30. The second kappa shape index (κ2) is 13.2. The van der Waals surface area contributed by atoms with Crippen LogP contribution in [0.4, 0.5) is 11.6 Å². The van der Waals surface area contributed by atoms with Crippen LogP contribution in [0.3, 0.4) is 0 Å². The number of ether oxygens (including phenoxy) is 1. The van der Waals surface area contributed by atoms with Gasteiger partial charge in [-0.3, -0.25) is 14.3 Å². The lowest BCUT2D eigenvalue weighted by atomic mass is 10.2. The summed E-state index contributed by atoms with van der Waals surface area (Å²) in [6, 6.07) is 7.89. The van der Waals surface area contributed by atoms with E-state index in [1.54, 1.807) is 36.9 Å². The van der Waals surface area contributed by atoms with Crippen molar-refractivity contribution in [1.82, 2.24) is 19.5 Å². The summed E-state index contributed by atoms with van der Waals surface area (Å²) < 4.78 is 6.62. The third kappa shape index (κ3) is 7.03. The summed E-state index contributed by atoms with van der Waals surface area (Å²) in [6.45, 7) is 9.93. The van der Waals surface area contributed by atoms with E-state index < -0.39 is 0 Å². The molecular weight excluding hydrogens is 416 g/mol. The highest BCUT2D eigenvalue weighted by Crippen LogP contribution is 2.25. The van der Waals surface area contributed by atoms with Crippen LogP contribution in [0.5, 0.6) is 5.75 Å². The van der Waals surface area contributed by atoms with E-state index in [4.69, 9.17) is 4.74 Å². The van der Waals surface area contributed by atoms with Crippen molar-refractivity contribution in [2.45, 2.75) is 66.0 Å². The summed E-state index contributed by atoms with van der Waals surface area (Å²) in [4.78, 5) is 25.5. The molecule has 1 unspecified atom stereocenters. The molecule has 3 aromatic rings. The molecule has 3 heterocycles. The second-order valence-electron chi connectivity index (χ2n) is 7.19. The van der Waals surface area contributed by atoms with Crippen LogP contribution in [-0.2, 0) is 0 Å². The van der Waals surface area contributed by atoms with Gasteiger partial charge in [0.2, 0.25) is 0 Å². The topological polar surface area (TPSA) is 94.0 Å². The lowest BCUT2D eigenvalue weighted by Crippen LogP contribution is -2.22. The van der Waals surface area contributed by atoms with Gasteiger partial charge in [-0.1, -0.05) is 27.7 Å². The Balaban J connectivity index is 0.000000914. The van der Waals surface area contributed by atoms with Crippen molar-refractivity contribution < 1.29 is 4.74 Å². The molecule has 33 heavy (non-hydrogen) atoms. The summed E-state index contributed by atoms with van der Waals surface area (Å²) in [5.41, 5.74) is 1.40. The summed E-state index contributed by atoms with van der Waals surface area (Å²) in [6.07, 6.45) is 10.0. The number of pyridine rings is 2. The summed E-state index contributed by atoms with van der Waals surface area (Å²) in [5, 5.41) is 6.93. The van der Waals surface area contributed by atoms with Crippen molar-refractivity contribution in [1.29, 1.82) is 0 Å². The Hall–Kier alpha value is -3.42. The molecule has 0 aromatic carbocycles. The molecular formula is C25H36N6O2. The van der Waals surface area contributed by atoms with Crippen LogP contribution >= 0.6 is 0 Å². The van der Waals surface area contributed by atoms with E-state index in [0.717, 1.165) is 36.6 Å². The lowest BCUT2D eigenvalue weighted by Gasteiger charge is -2.16. The fourth-order valence-electron chi connectivity index (χ4n) is 3.58. The van der Waals surface area contributed by atoms with Crippen LogP contribution in [-0.4, -0.2) is 38.7 Å². The minimum atomic E-state index is -0.207. The van der Waals surface area contributed by atoms with Crippen molar-refractivity contribution in [3.05, 3.63) is 65.1 Å². The van der Waals surface area contributed by atoms with Crippen molar-refractivity contribution in [3.63, 3.8) is 0 Å². The summed E-state index contributed by atoms with van der Waals surface area (Å²) >= 11 is 0. The Morgan fingerprint density at radius 2 is 1.58 bits per heavy atom. The maximum atomic E-state index is 12.3. The Labute approximate surface area is 196 Å². The molecule has 1 aliphatic rings. The first-order valence-electron chi connectivity index (χ1n) is 11.7. The van der Waals surface area contributed by atoms with Crippen molar-refractivity contribution in [2.75, 3.05) is 17.7 Å². The fraction of sp³-hybridized carbons (Fsp3) is 0.440. The zero-order valence-corrected chi connectivity index (χ0v) is 20.5. The Morgan fingerprint density at radius 3 is 2.15 bits per heavy atom. The molecule has 0 spiro atoms. The van der Waals surface area contributed by atoms with Gasteiger partial charge >= 0.3 is 0 Å². The van der Waals surface area contributed by atoms with Crippen LogP contribution in [0.15, 0.2) is 53.8 Å². The third-order valence-corrected chi connectivity index (χ3v) is 5.08. The number of hydrogen-bond acceptors (Lipinski definition) is 7. The van der Waals surface area contributed by atoms with Gasteiger partial charge in [0.05, 0.1) is 37.1 Å². The highest BCUT2D eigenvalue weighted by Gasteiger charge is 2.25. The van der Waals surface area contributed by atoms with Gasteiger partial charge in [0.1, 0.15) is 11.6 Å². The number of aromatic nitrogens is 4. The monoisotopic (exact) mass is 452 g/mol. The SMILES string of the molecule is CC.CC.COc1cccn(-c2ccc(NC3CC[C@H](Nc4cnc(C)cn4)C3)nc2)c1=O. The molecule has 178 valence electrons. The number of nitrogens with zero attached hydrogens (tertiary/aromatic N) is 4. The van der Waals surface area contributed by atoms with Crippen LogP contribution < -0.4 is 20.9 Å². The number of nitrogens with one attached hydrogen (secondary N) is 2. The summed E-state index contributed by atoms with van der Waals surface area (Å²) in [7, 11) is 1.49. The van der Waals surface area contributed by atoms with Crippen molar-refractivity contribution in [3.8, 4) is 11.4 Å². The van der Waals surface area contributed by atoms with E-state index in [1.807, 2.05) is 46.8 Å². The maximum absolute atomic E-state index is 12.3. The number of hydrogen-bond donors (Lipinski definition) is 2. The molecule has 0 amide bonds. The highest BCUT2D eigenvalue weighted by atomic mass is 16.5. The van der Waals surface area contributed by atoms with Crippen LogP contribution in [0.25, 0.3) is 5.69 Å². The maximum Gasteiger partial charge on any atom is 0.297 e. The van der Waals surface area contributed by atoms with Gasteiger partial charge < -0.3 is 15.4 Å². The Morgan fingerprint density at radius 1 is 0.909 bits per heavy atom. The summed E-state index contributed by atoms with van der Waals surface area (Å²) in [5.74, 6) is 1.91. The van der Waals surface area contributed by atoms with Crippen LogP contribution in [0, 0.1) is 6.92 Å². The highest BCUT2D eigenvalue weighted by molar-refractivity contribution is 5.43. The Kier molecular flexibility index (Phi) is 10.3. The Bertz CT molecular complexity index is 1020. The minimum absolute atomic E-state index is 0.207. The first-order chi connectivity index (χ1) is 16.1. The first kappa shape index (κ1) is 25.8. The van der Waals surface area contributed by atoms with Crippen LogP contribution in [0.2, 0.25) is 0 Å². The van der Waals surface area contributed by atoms with Gasteiger partial charge in [-0.25, -0.2) is 9.97 Å². The zero-order valence-electron chi connectivity index (χ0n) is 20.5. The van der Waals surface area contributed by atoms with Gasteiger partial charge in [0.25, 0.3) is 5.56 Å². The molecule has 2 atom stereocenters. The van der Waals surface area contributed by atoms with E-state index in [9.17, 15) is 4.79 Å². The second-order valence-corrected chi connectivity index (χ2v) is 7.19. The molecule has 8 nitrogen and oxygen atoms in total. The molecule has 0 aliphatic heterocycles. The zero-order chi connectivity index (χ0) is 24.2. The molecule has 2 N–H and O–H groups in total. The van der Waals surface area contributed by atoms with E-state index in [-0.39, 0.29) is 5.56 Å². The standard InChI is InChI=1S/C21H24N6O2.2C2H6/c1-14-11-23-20(13-22-14)26-16-6-5-15(10-16)25-19-8-7-17(12-24-19)27-9-3-4-18(29-2)21(27)28;2*1-2/h3-4,7-9,11-13,15-16H,5-6,10H2,1-2H3,(H,23,26)(H,24,25);2*1-2H3/t15?,16-;;/m0../s1. The van der Waals surface area contributed by atoms with Gasteiger partial charge in [-0.2, -0.15) is 0 Å². The fourth-order valence-corrected chi connectivity index (χ4v) is 3.58. The molecule has 1 saturated carbocycles. The van der Waals surface area contributed by atoms with E-state index in [1.165, 1.54) is 11.7 Å². The molecule has 1 aliphatic carbocycles. The van der Waals surface area contributed by atoms with E-state index >= 15 is 0 Å². The lowest BCUT2D eigenvalue weighted by molar-refractivity contribution is 0.406. The van der Waals surface area contributed by atoms with E-state index in [2.05, 4.69) is 25.6 Å². The number of methoxy groups -OCH3 is 1. The molecule has 0 bridgehead atoms. The normalized spacial score (nSPS) is 16.5. The molecule has 1 fully saturated rings. The van der Waals surface area contributed by atoms with Crippen molar-refractivity contribution in [2.24, 2.45) is 0 Å². The van der Waals surface area contributed by atoms with Gasteiger partial charge in [0.15, 0.2) is 5.75 Å². The first-order valence-corrected chi connectivity index (χ1v) is 11.7. The minimum Gasteiger partial charge on any atom is -0.491 e. The number of rotatable bonds is 6. The van der Waals surface area contributed by atoms with Gasteiger partial charge in [-0.15, -0.1) is 0 Å². The molecule has 3 aromatic heterocycles. The molecule has 0 saturated heterocycles. The average molecular weight is 453 g/mol. The molecule has 4 rings (SSSR count). The largest absolute Gasteiger partial charge is 0.491 e. The molecule has 0 radical (unpaired) electrons. The predicted octanol–water partition coefficient (Wildman–Crippen LogP) is 4.84. The quantitative estimate of drug-likeness (QED) is 0.553. The number of aryl methyl sites for hydroxylation is 1. The van der Waals surface area contributed by atoms with Gasteiger partial charge in [-0.05, 0) is 50.5 Å². The van der Waals surface area contributed by atoms with Crippen LogP contribution in [0.1, 0.15) is 52.7 Å². The number of anilines is 2.